The minimum atomic E-state index is 0.622. The van der Waals surface area contributed by atoms with Crippen LogP contribution in [0.1, 0.15) is 45.1 Å². The molecule has 0 aliphatic carbocycles. The van der Waals surface area contributed by atoms with Gasteiger partial charge in [-0.2, -0.15) is 0 Å². The Morgan fingerprint density at radius 2 is 2.18 bits per heavy atom. The number of pyridine rings is 1. The number of methoxy groups -OCH3 is 1. The minimum Gasteiger partial charge on any atom is -0.481 e. The Bertz CT molecular complexity index is 298. The largest absolute Gasteiger partial charge is 0.481 e. The lowest BCUT2D eigenvalue weighted by molar-refractivity contribution is 0.397. The van der Waals surface area contributed by atoms with E-state index in [2.05, 4.69) is 30.2 Å². The Morgan fingerprint density at radius 3 is 2.71 bits per heavy atom. The third-order valence-corrected chi connectivity index (χ3v) is 3.00. The number of hydrogen-bond acceptors (Lipinski definition) is 3. The Morgan fingerprint density at radius 1 is 1.35 bits per heavy atom. The van der Waals surface area contributed by atoms with Gasteiger partial charge in [-0.05, 0) is 18.4 Å². The summed E-state index contributed by atoms with van der Waals surface area (Å²) in [4.78, 5) is 4.20. The molecular weight excluding hydrogens is 212 g/mol. The Kier molecular flexibility index (Phi) is 6.63. The third kappa shape index (κ3) is 5.18. The number of aromatic nitrogens is 1. The van der Waals surface area contributed by atoms with E-state index in [0.29, 0.717) is 11.9 Å². The summed E-state index contributed by atoms with van der Waals surface area (Å²) in [6.45, 7) is 5.36. The first-order valence-electron chi connectivity index (χ1n) is 6.52. The molecule has 1 heterocycles. The van der Waals surface area contributed by atoms with Gasteiger partial charge in [0, 0.05) is 24.8 Å². The number of nitrogens with zero attached hydrogens (tertiary/aromatic N) is 1. The second-order valence-electron chi connectivity index (χ2n) is 4.34. The maximum Gasteiger partial charge on any atom is 0.212 e. The highest BCUT2D eigenvalue weighted by atomic mass is 16.5. The minimum absolute atomic E-state index is 0.622. The van der Waals surface area contributed by atoms with Crippen molar-refractivity contribution in [3.63, 3.8) is 0 Å². The molecule has 0 spiro atoms. The topological polar surface area (TPSA) is 34.1 Å². The molecule has 0 amide bonds. The zero-order valence-corrected chi connectivity index (χ0v) is 11.2. The van der Waals surface area contributed by atoms with Crippen LogP contribution in [0.4, 0.5) is 0 Å². The quantitative estimate of drug-likeness (QED) is 0.753. The second-order valence-corrected chi connectivity index (χ2v) is 4.34. The monoisotopic (exact) mass is 236 g/mol. The van der Waals surface area contributed by atoms with Crippen LogP contribution in [0, 0.1) is 0 Å². The molecule has 1 rings (SSSR count). The van der Waals surface area contributed by atoms with E-state index in [4.69, 9.17) is 4.74 Å². The Labute approximate surface area is 105 Å². The smallest absolute Gasteiger partial charge is 0.212 e. The molecule has 0 saturated heterocycles. The van der Waals surface area contributed by atoms with Crippen molar-refractivity contribution in [2.75, 3.05) is 7.11 Å². The van der Waals surface area contributed by atoms with Gasteiger partial charge >= 0.3 is 0 Å². The summed E-state index contributed by atoms with van der Waals surface area (Å²) in [5.41, 5.74) is 1.21. The molecule has 1 aromatic rings. The van der Waals surface area contributed by atoms with Crippen molar-refractivity contribution < 1.29 is 4.74 Å². The van der Waals surface area contributed by atoms with Crippen LogP contribution >= 0.6 is 0 Å². The maximum absolute atomic E-state index is 5.04. The molecule has 1 unspecified atom stereocenters. The molecule has 0 bridgehead atoms. The van der Waals surface area contributed by atoms with E-state index in [1.54, 1.807) is 7.11 Å². The van der Waals surface area contributed by atoms with Crippen molar-refractivity contribution in [3.05, 3.63) is 23.9 Å². The molecule has 1 N–H and O–H groups in total. The third-order valence-electron chi connectivity index (χ3n) is 3.00. The van der Waals surface area contributed by atoms with Crippen molar-refractivity contribution in [2.45, 2.75) is 52.1 Å². The summed E-state index contributed by atoms with van der Waals surface area (Å²) >= 11 is 0. The van der Waals surface area contributed by atoms with Gasteiger partial charge in [0.1, 0.15) is 0 Å². The summed E-state index contributed by atoms with van der Waals surface area (Å²) in [7, 11) is 1.64. The fourth-order valence-electron chi connectivity index (χ4n) is 1.80. The average Bonchev–Trinajstić information content (AvgIpc) is 2.39. The van der Waals surface area contributed by atoms with E-state index in [0.717, 1.165) is 6.54 Å². The van der Waals surface area contributed by atoms with Crippen molar-refractivity contribution >= 4 is 0 Å². The van der Waals surface area contributed by atoms with E-state index >= 15 is 0 Å². The zero-order chi connectivity index (χ0) is 12.5. The molecular formula is C14H24N2O. The van der Waals surface area contributed by atoms with Gasteiger partial charge in [0.25, 0.3) is 0 Å². The lowest BCUT2D eigenvalue weighted by atomic mass is 10.1. The van der Waals surface area contributed by atoms with Crippen molar-refractivity contribution in [3.8, 4) is 5.88 Å². The highest BCUT2D eigenvalue weighted by Crippen LogP contribution is 2.08. The molecule has 0 aromatic carbocycles. The number of ether oxygens (including phenoxy) is 1. The Hall–Kier alpha value is -1.09. The Balaban J connectivity index is 2.36. The van der Waals surface area contributed by atoms with Crippen LogP contribution in [0.25, 0.3) is 0 Å². The SMILES string of the molecule is CCCCC(CC)NCc1ccc(OC)nc1. The van der Waals surface area contributed by atoms with E-state index < -0.39 is 0 Å². The van der Waals surface area contributed by atoms with Gasteiger partial charge in [0.2, 0.25) is 5.88 Å². The lowest BCUT2D eigenvalue weighted by Gasteiger charge is -2.16. The molecule has 0 saturated carbocycles. The summed E-state index contributed by atoms with van der Waals surface area (Å²) in [6.07, 6.45) is 6.88. The van der Waals surface area contributed by atoms with Gasteiger partial charge in [0.15, 0.2) is 0 Å². The first-order valence-corrected chi connectivity index (χ1v) is 6.52. The molecule has 0 aliphatic heterocycles. The molecule has 1 atom stereocenters. The summed E-state index contributed by atoms with van der Waals surface area (Å²) in [5, 5.41) is 3.58. The maximum atomic E-state index is 5.04. The second kappa shape index (κ2) is 8.07. The van der Waals surface area contributed by atoms with E-state index in [1.807, 2.05) is 12.3 Å². The van der Waals surface area contributed by atoms with Gasteiger partial charge in [-0.3, -0.25) is 0 Å². The number of nitrogens with one attached hydrogen (secondary N) is 1. The number of rotatable bonds is 8. The molecule has 3 heteroatoms. The molecule has 0 fully saturated rings. The van der Waals surface area contributed by atoms with Crippen molar-refractivity contribution in [1.29, 1.82) is 0 Å². The van der Waals surface area contributed by atoms with E-state index in [9.17, 15) is 0 Å². The normalized spacial score (nSPS) is 12.4. The molecule has 0 aliphatic rings. The van der Waals surface area contributed by atoms with Gasteiger partial charge in [-0.25, -0.2) is 4.98 Å². The van der Waals surface area contributed by atoms with Gasteiger partial charge in [-0.1, -0.05) is 32.8 Å². The van der Waals surface area contributed by atoms with Crippen LogP contribution in [0.5, 0.6) is 5.88 Å². The molecule has 17 heavy (non-hydrogen) atoms. The van der Waals surface area contributed by atoms with Crippen LogP contribution in [-0.2, 0) is 6.54 Å². The molecule has 3 nitrogen and oxygen atoms in total. The van der Waals surface area contributed by atoms with E-state index in [-0.39, 0.29) is 0 Å². The fraction of sp³-hybridized carbons (Fsp3) is 0.643. The van der Waals surface area contributed by atoms with Crippen LogP contribution in [0.15, 0.2) is 18.3 Å². The standard InChI is InChI=1S/C14H24N2O/c1-4-6-7-13(5-2)15-10-12-8-9-14(17-3)16-11-12/h8-9,11,13,15H,4-7,10H2,1-3H3. The number of unbranched alkanes of at least 4 members (excludes halogenated alkanes) is 1. The van der Waals surface area contributed by atoms with Crippen molar-refractivity contribution in [1.82, 2.24) is 10.3 Å². The van der Waals surface area contributed by atoms with Crippen LogP contribution < -0.4 is 10.1 Å². The van der Waals surface area contributed by atoms with Crippen molar-refractivity contribution in [2.24, 2.45) is 0 Å². The predicted molar refractivity (Wildman–Crippen MR) is 71.2 cm³/mol. The molecule has 1 aromatic heterocycles. The molecule has 96 valence electrons. The highest BCUT2D eigenvalue weighted by Gasteiger charge is 2.04. The van der Waals surface area contributed by atoms with Gasteiger partial charge in [0.05, 0.1) is 7.11 Å². The van der Waals surface area contributed by atoms with E-state index in [1.165, 1.54) is 31.2 Å². The van der Waals surface area contributed by atoms with Crippen LogP contribution in [0.2, 0.25) is 0 Å². The predicted octanol–water partition coefficient (Wildman–Crippen LogP) is 3.15. The first-order chi connectivity index (χ1) is 8.30. The van der Waals surface area contributed by atoms with Crippen LogP contribution in [-0.4, -0.2) is 18.1 Å². The summed E-state index contributed by atoms with van der Waals surface area (Å²) in [5.74, 6) is 0.673. The first kappa shape index (κ1) is 14.0. The lowest BCUT2D eigenvalue weighted by Crippen LogP contribution is -2.27. The van der Waals surface area contributed by atoms with Gasteiger partial charge in [-0.15, -0.1) is 0 Å². The van der Waals surface area contributed by atoms with Crippen LogP contribution in [0.3, 0.4) is 0 Å². The average molecular weight is 236 g/mol. The zero-order valence-electron chi connectivity index (χ0n) is 11.2. The summed E-state index contributed by atoms with van der Waals surface area (Å²) < 4.78 is 5.04. The number of hydrogen-bond donors (Lipinski definition) is 1. The highest BCUT2D eigenvalue weighted by molar-refractivity contribution is 5.17. The summed E-state index contributed by atoms with van der Waals surface area (Å²) in [6, 6.07) is 4.59. The fourth-order valence-corrected chi connectivity index (χ4v) is 1.80. The molecule has 0 radical (unpaired) electrons. The van der Waals surface area contributed by atoms with Gasteiger partial charge < -0.3 is 10.1 Å².